The minimum absolute atomic E-state index is 0.400. The Kier molecular flexibility index (Phi) is 3.53. The zero-order chi connectivity index (χ0) is 8.10. The van der Waals surface area contributed by atoms with Crippen LogP contribution in [-0.2, 0) is 9.05 Å². The Morgan fingerprint density at radius 1 is 1.00 bits per heavy atom. The fraction of sp³-hybridized carbons (Fsp3) is 0.143. The first-order valence-electron chi connectivity index (χ1n) is 3.12. The van der Waals surface area contributed by atoms with Crippen molar-refractivity contribution in [3.8, 4) is 0 Å². The summed E-state index contributed by atoms with van der Waals surface area (Å²) in [5, 5.41) is 0. The van der Waals surface area contributed by atoms with E-state index in [-0.39, 0.29) is 0 Å². The van der Waals surface area contributed by atoms with Crippen LogP contribution in [0.4, 0.5) is 0 Å². The van der Waals surface area contributed by atoms with Crippen molar-refractivity contribution < 1.29 is 9.05 Å². The second-order valence-corrected chi connectivity index (χ2v) is 3.83. The second-order valence-electron chi connectivity index (χ2n) is 1.95. The first kappa shape index (κ1) is 8.69. The Labute approximate surface area is 72.4 Å². The van der Waals surface area contributed by atoms with Crippen LogP contribution in [0.1, 0.15) is 0 Å². The third-order valence-corrected chi connectivity index (χ3v) is 2.33. The zero-order valence-corrected chi connectivity index (χ0v) is 8.27. The van der Waals surface area contributed by atoms with E-state index in [1.165, 1.54) is 0 Å². The molecule has 11 heavy (non-hydrogen) atoms. The third-order valence-electron chi connectivity index (χ3n) is 1.14. The van der Waals surface area contributed by atoms with Crippen LogP contribution in [0, 0.1) is 0 Å². The van der Waals surface area contributed by atoms with Crippen LogP contribution in [0.2, 0.25) is 0 Å². The molecule has 0 aliphatic heterocycles. The molecule has 0 N–H and O–H groups in total. The van der Waals surface area contributed by atoms with Gasteiger partial charge in [-0.3, -0.25) is 0 Å². The van der Waals surface area contributed by atoms with Gasteiger partial charge in [-0.2, -0.15) is 0 Å². The Morgan fingerprint density at radius 3 is 2.00 bits per heavy atom. The quantitative estimate of drug-likeness (QED) is 0.693. The third kappa shape index (κ3) is 3.49. The number of rotatable bonds is 2. The molecular formula is C7H7O3Sb. The van der Waals surface area contributed by atoms with Gasteiger partial charge in [0.05, 0.1) is 0 Å². The van der Waals surface area contributed by atoms with Crippen LogP contribution in [0.5, 0.6) is 0 Å². The molecule has 0 bridgehead atoms. The Bertz CT molecular complexity index is 249. The molecule has 0 radical (unpaired) electrons. The molecule has 1 aliphatic carbocycles. The first-order chi connectivity index (χ1) is 5.29. The topological polar surface area (TPSA) is 43.4 Å². The van der Waals surface area contributed by atoms with E-state index in [4.69, 9.17) is 0 Å². The first-order valence-corrected chi connectivity index (χ1v) is 6.24. The molecule has 0 amide bonds. The molecule has 0 aromatic heterocycles. The molecule has 0 saturated heterocycles. The summed E-state index contributed by atoms with van der Waals surface area (Å²) in [5.41, 5.74) is 0. The standard InChI is InChI=1S/C7H7O.2O.Sb/c8-7-5-3-1-2-4-6-7;;;/h1-7H;;;/q-1;;;+1. The Morgan fingerprint density at radius 2 is 1.55 bits per heavy atom. The predicted molar refractivity (Wildman–Crippen MR) is 39.4 cm³/mol. The summed E-state index contributed by atoms with van der Waals surface area (Å²) >= 11 is -3.77. The molecular weight excluding hydrogens is 254 g/mol. The maximum atomic E-state index is 10.2. The molecule has 0 saturated carbocycles. The maximum absolute atomic E-state index is 10.2. The van der Waals surface area contributed by atoms with Gasteiger partial charge < -0.3 is 0 Å². The molecule has 1 aliphatic rings. The molecule has 0 aromatic rings. The van der Waals surface area contributed by atoms with E-state index < -0.39 is 26.7 Å². The van der Waals surface area contributed by atoms with Crippen molar-refractivity contribution in [3.05, 3.63) is 36.5 Å². The van der Waals surface area contributed by atoms with Gasteiger partial charge in [0, 0.05) is 0 Å². The molecule has 0 aromatic carbocycles. The molecule has 58 valence electrons. The van der Waals surface area contributed by atoms with Crippen LogP contribution in [0.3, 0.4) is 0 Å². The Balaban J connectivity index is 2.60. The molecule has 0 heterocycles. The summed E-state index contributed by atoms with van der Waals surface area (Å²) in [6, 6.07) is 0. The van der Waals surface area contributed by atoms with E-state index >= 15 is 0 Å². The van der Waals surface area contributed by atoms with Crippen LogP contribution in [0.25, 0.3) is 0 Å². The second kappa shape index (κ2) is 4.47. The molecule has 0 atom stereocenters. The van der Waals surface area contributed by atoms with Gasteiger partial charge in [-0.15, -0.1) is 0 Å². The van der Waals surface area contributed by atoms with Crippen molar-refractivity contribution in [3.63, 3.8) is 0 Å². The van der Waals surface area contributed by atoms with E-state index in [2.05, 4.69) is 3.02 Å². The van der Waals surface area contributed by atoms with E-state index in [0.717, 1.165) is 0 Å². The van der Waals surface area contributed by atoms with Crippen molar-refractivity contribution >= 4 is 20.6 Å². The van der Waals surface area contributed by atoms with Crippen LogP contribution >= 0.6 is 0 Å². The molecule has 0 fully saturated rings. The molecule has 4 heteroatoms. The predicted octanol–water partition coefficient (Wildman–Crippen LogP) is 0.900. The summed E-state index contributed by atoms with van der Waals surface area (Å²) in [6.45, 7) is 0. The van der Waals surface area contributed by atoms with E-state index in [1.807, 2.05) is 12.2 Å². The van der Waals surface area contributed by atoms with E-state index in [9.17, 15) is 6.03 Å². The number of allylic oxidation sites excluding steroid dienone is 4. The number of hydrogen-bond donors (Lipinski definition) is 0. The minimum atomic E-state index is -3.77. The van der Waals surface area contributed by atoms with Crippen molar-refractivity contribution in [2.45, 2.75) is 6.10 Å². The fourth-order valence-electron chi connectivity index (χ4n) is 0.709. The van der Waals surface area contributed by atoms with Crippen molar-refractivity contribution in [1.29, 1.82) is 0 Å². The molecule has 0 unspecified atom stereocenters. The number of hydrogen-bond acceptors (Lipinski definition) is 3. The van der Waals surface area contributed by atoms with Crippen molar-refractivity contribution in [1.82, 2.24) is 0 Å². The van der Waals surface area contributed by atoms with Gasteiger partial charge in [0.2, 0.25) is 0 Å². The summed E-state index contributed by atoms with van der Waals surface area (Å²) in [4.78, 5) is 0. The molecule has 1 rings (SSSR count). The van der Waals surface area contributed by atoms with Crippen LogP contribution < -0.4 is 0 Å². The van der Waals surface area contributed by atoms with Gasteiger partial charge in [-0.25, -0.2) is 0 Å². The van der Waals surface area contributed by atoms with Gasteiger partial charge in [-0.05, 0) is 0 Å². The van der Waals surface area contributed by atoms with Crippen LogP contribution in [-0.4, -0.2) is 26.7 Å². The molecule has 3 nitrogen and oxygen atoms in total. The van der Waals surface area contributed by atoms with Crippen LogP contribution in [0.15, 0.2) is 36.5 Å². The SMILES string of the molecule is [O]=[Sb](=[O])[O]C1C=CC=CC=C1. The molecule has 0 spiro atoms. The normalized spacial score (nSPS) is 16.7. The summed E-state index contributed by atoms with van der Waals surface area (Å²) in [6.07, 6.45) is 10.1. The summed E-state index contributed by atoms with van der Waals surface area (Å²) in [5.74, 6) is 0. The van der Waals surface area contributed by atoms with E-state index in [0.29, 0.717) is 0 Å². The fourth-order valence-corrected chi connectivity index (χ4v) is 1.68. The van der Waals surface area contributed by atoms with Gasteiger partial charge in [0.15, 0.2) is 0 Å². The van der Waals surface area contributed by atoms with Gasteiger partial charge in [-0.1, -0.05) is 0 Å². The van der Waals surface area contributed by atoms with Gasteiger partial charge >= 0.3 is 72.2 Å². The van der Waals surface area contributed by atoms with Crippen molar-refractivity contribution in [2.75, 3.05) is 0 Å². The van der Waals surface area contributed by atoms with Crippen molar-refractivity contribution in [2.24, 2.45) is 0 Å². The summed E-state index contributed by atoms with van der Waals surface area (Å²) in [7, 11) is 0. The Hall–Kier alpha value is -0.402. The van der Waals surface area contributed by atoms with E-state index in [1.54, 1.807) is 24.3 Å². The average Bonchev–Trinajstić information content (AvgIpc) is 2.14. The summed E-state index contributed by atoms with van der Waals surface area (Å²) < 4.78 is 25.1. The zero-order valence-electron chi connectivity index (χ0n) is 5.71. The van der Waals surface area contributed by atoms with Gasteiger partial charge in [0.1, 0.15) is 0 Å². The monoisotopic (exact) mass is 260 g/mol. The van der Waals surface area contributed by atoms with Gasteiger partial charge in [0.25, 0.3) is 0 Å². The average molecular weight is 261 g/mol.